The van der Waals surface area contributed by atoms with Crippen LogP contribution in [-0.2, 0) is 10.0 Å². The van der Waals surface area contributed by atoms with E-state index in [-0.39, 0.29) is 17.3 Å². The molecule has 1 aromatic rings. The molecule has 24 heavy (non-hydrogen) atoms. The number of benzene rings is 1. The van der Waals surface area contributed by atoms with E-state index in [0.29, 0.717) is 18.2 Å². The Morgan fingerprint density at radius 2 is 1.88 bits per heavy atom. The molecule has 0 spiro atoms. The molecule has 0 radical (unpaired) electrons. The SMILES string of the molecule is C=CCNS(=O)(=O)c1ccc(C(=O)N(CC)C2CCCCC2)cc1. The van der Waals surface area contributed by atoms with E-state index >= 15 is 0 Å². The smallest absolute Gasteiger partial charge is 0.254 e. The molecule has 1 aromatic carbocycles. The molecule has 0 saturated heterocycles. The molecule has 0 unspecified atom stereocenters. The summed E-state index contributed by atoms with van der Waals surface area (Å²) in [4.78, 5) is 14.8. The summed E-state index contributed by atoms with van der Waals surface area (Å²) in [6.45, 7) is 6.33. The minimum Gasteiger partial charge on any atom is -0.336 e. The van der Waals surface area contributed by atoms with E-state index in [9.17, 15) is 13.2 Å². The molecule has 0 aliphatic heterocycles. The molecule has 1 fully saturated rings. The molecular formula is C18H26N2O3S. The third-order valence-electron chi connectivity index (χ3n) is 4.45. The van der Waals surface area contributed by atoms with Crippen LogP contribution in [0.1, 0.15) is 49.4 Å². The van der Waals surface area contributed by atoms with Crippen LogP contribution in [0.5, 0.6) is 0 Å². The predicted molar refractivity (Wildman–Crippen MR) is 95.4 cm³/mol. The van der Waals surface area contributed by atoms with Crippen molar-refractivity contribution in [2.75, 3.05) is 13.1 Å². The molecule has 1 N–H and O–H groups in total. The maximum atomic E-state index is 12.8. The lowest BCUT2D eigenvalue weighted by atomic mass is 9.93. The van der Waals surface area contributed by atoms with E-state index in [1.165, 1.54) is 37.5 Å². The minimum atomic E-state index is -3.56. The van der Waals surface area contributed by atoms with Gasteiger partial charge in [-0.25, -0.2) is 13.1 Å². The van der Waals surface area contributed by atoms with Crippen LogP contribution in [0.2, 0.25) is 0 Å². The van der Waals surface area contributed by atoms with Crippen molar-refractivity contribution < 1.29 is 13.2 Å². The van der Waals surface area contributed by atoms with Gasteiger partial charge in [0.15, 0.2) is 0 Å². The Bertz CT molecular complexity index is 662. The highest BCUT2D eigenvalue weighted by molar-refractivity contribution is 7.89. The summed E-state index contributed by atoms with van der Waals surface area (Å²) in [5, 5.41) is 0. The summed E-state index contributed by atoms with van der Waals surface area (Å²) in [5.74, 6) is -0.0209. The fourth-order valence-corrected chi connectivity index (χ4v) is 4.15. The Balaban J connectivity index is 2.13. The zero-order valence-electron chi connectivity index (χ0n) is 14.2. The lowest BCUT2D eigenvalue weighted by Gasteiger charge is -2.33. The van der Waals surface area contributed by atoms with Gasteiger partial charge in [-0.15, -0.1) is 6.58 Å². The molecule has 0 heterocycles. The third kappa shape index (κ3) is 4.45. The van der Waals surface area contributed by atoms with Gasteiger partial charge in [0, 0.05) is 24.7 Å². The van der Waals surface area contributed by atoms with Crippen LogP contribution >= 0.6 is 0 Å². The molecule has 6 heteroatoms. The second-order valence-electron chi connectivity index (χ2n) is 6.05. The summed E-state index contributed by atoms with van der Waals surface area (Å²) in [6, 6.07) is 6.45. The standard InChI is InChI=1S/C18H26N2O3S/c1-3-14-19-24(22,23)17-12-10-15(11-13-17)18(21)20(4-2)16-8-6-5-7-9-16/h3,10-13,16,19H,1,4-9,14H2,2H3. The van der Waals surface area contributed by atoms with Crippen LogP contribution in [0.3, 0.4) is 0 Å². The summed E-state index contributed by atoms with van der Waals surface area (Å²) in [7, 11) is -3.56. The monoisotopic (exact) mass is 350 g/mol. The summed E-state index contributed by atoms with van der Waals surface area (Å²) in [5.41, 5.74) is 0.532. The van der Waals surface area contributed by atoms with E-state index < -0.39 is 10.0 Å². The van der Waals surface area contributed by atoms with Gasteiger partial charge in [-0.3, -0.25) is 4.79 Å². The number of hydrogen-bond acceptors (Lipinski definition) is 3. The largest absolute Gasteiger partial charge is 0.336 e. The van der Waals surface area contributed by atoms with E-state index in [1.807, 2.05) is 11.8 Å². The van der Waals surface area contributed by atoms with Gasteiger partial charge in [0.2, 0.25) is 10.0 Å². The Morgan fingerprint density at radius 3 is 2.42 bits per heavy atom. The Hall–Kier alpha value is -1.66. The normalized spacial score (nSPS) is 15.9. The van der Waals surface area contributed by atoms with Crippen molar-refractivity contribution in [1.29, 1.82) is 0 Å². The maximum absolute atomic E-state index is 12.8. The number of carbonyl (C=O) groups excluding carboxylic acids is 1. The number of nitrogens with zero attached hydrogens (tertiary/aromatic N) is 1. The molecule has 132 valence electrons. The van der Waals surface area contributed by atoms with Crippen LogP contribution in [0.25, 0.3) is 0 Å². The molecular weight excluding hydrogens is 324 g/mol. The third-order valence-corrected chi connectivity index (χ3v) is 5.89. The summed E-state index contributed by atoms with van der Waals surface area (Å²) in [6.07, 6.45) is 7.17. The fourth-order valence-electron chi connectivity index (χ4n) is 3.15. The van der Waals surface area contributed by atoms with Gasteiger partial charge in [0.25, 0.3) is 5.91 Å². The van der Waals surface area contributed by atoms with E-state index in [2.05, 4.69) is 11.3 Å². The molecule has 2 rings (SSSR count). The Labute approximate surface area is 144 Å². The first-order valence-corrected chi connectivity index (χ1v) is 9.99. The Morgan fingerprint density at radius 1 is 1.25 bits per heavy atom. The van der Waals surface area contributed by atoms with Crippen LogP contribution in [0, 0.1) is 0 Å². The zero-order valence-corrected chi connectivity index (χ0v) is 15.0. The number of nitrogens with one attached hydrogen (secondary N) is 1. The molecule has 1 aliphatic carbocycles. The molecule has 0 bridgehead atoms. The van der Waals surface area contributed by atoms with Crippen molar-refractivity contribution in [3.05, 3.63) is 42.5 Å². The van der Waals surface area contributed by atoms with E-state index in [0.717, 1.165) is 12.8 Å². The highest BCUT2D eigenvalue weighted by Gasteiger charge is 2.25. The molecule has 5 nitrogen and oxygen atoms in total. The second-order valence-corrected chi connectivity index (χ2v) is 7.81. The highest BCUT2D eigenvalue weighted by Crippen LogP contribution is 2.24. The molecule has 1 saturated carbocycles. The van der Waals surface area contributed by atoms with Crippen LogP contribution in [0.4, 0.5) is 0 Å². The number of hydrogen-bond donors (Lipinski definition) is 1. The molecule has 1 amide bonds. The van der Waals surface area contributed by atoms with Crippen LogP contribution < -0.4 is 4.72 Å². The van der Waals surface area contributed by atoms with Gasteiger partial charge in [0.05, 0.1) is 4.90 Å². The zero-order chi connectivity index (χ0) is 17.6. The quantitative estimate of drug-likeness (QED) is 0.769. The lowest BCUT2D eigenvalue weighted by molar-refractivity contribution is 0.0648. The maximum Gasteiger partial charge on any atom is 0.254 e. The van der Waals surface area contributed by atoms with Crippen molar-refractivity contribution in [3.8, 4) is 0 Å². The number of rotatable bonds is 7. The first-order valence-electron chi connectivity index (χ1n) is 8.51. The first-order chi connectivity index (χ1) is 11.5. The van der Waals surface area contributed by atoms with Crippen molar-refractivity contribution in [3.63, 3.8) is 0 Å². The van der Waals surface area contributed by atoms with Gasteiger partial charge in [0.1, 0.15) is 0 Å². The van der Waals surface area contributed by atoms with Gasteiger partial charge in [-0.1, -0.05) is 25.3 Å². The molecule has 1 aliphatic rings. The summed E-state index contributed by atoms with van der Waals surface area (Å²) < 4.78 is 26.5. The molecule has 0 aromatic heterocycles. The van der Waals surface area contributed by atoms with Gasteiger partial charge < -0.3 is 4.90 Å². The summed E-state index contributed by atoms with van der Waals surface area (Å²) >= 11 is 0. The van der Waals surface area contributed by atoms with Gasteiger partial charge >= 0.3 is 0 Å². The second kappa shape index (κ2) is 8.44. The molecule has 0 atom stereocenters. The van der Waals surface area contributed by atoms with Crippen LogP contribution in [-0.4, -0.2) is 38.4 Å². The minimum absolute atomic E-state index is 0.0209. The van der Waals surface area contributed by atoms with Crippen molar-refractivity contribution in [1.82, 2.24) is 9.62 Å². The van der Waals surface area contributed by atoms with Crippen molar-refractivity contribution >= 4 is 15.9 Å². The number of sulfonamides is 1. The van der Waals surface area contributed by atoms with Gasteiger partial charge in [-0.2, -0.15) is 0 Å². The van der Waals surface area contributed by atoms with Crippen LogP contribution in [0.15, 0.2) is 41.8 Å². The van der Waals surface area contributed by atoms with E-state index in [4.69, 9.17) is 0 Å². The van der Waals surface area contributed by atoms with Crippen molar-refractivity contribution in [2.45, 2.75) is 50.0 Å². The van der Waals surface area contributed by atoms with Gasteiger partial charge in [-0.05, 0) is 44.0 Å². The first kappa shape index (κ1) is 18.7. The number of carbonyl (C=O) groups is 1. The predicted octanol–water partition coefficient (Wildman–Crippen LogP) is 2.95. The topological polar surface area (TPSA) is 66.5 Å². The Kier molecular flexibility index (Phi) is 6.57. The fraction of sp³-hybridized carbons (Fsp3) is 0.500. The van der Waals surface area contributed by atoms with E-state index in [1.54, 1.807) is 12.1 Å². The van der Waals surface area contributed by atoms with Crippen molar-refractivity contribution in [2.24, 2.45) is 0 Å². The highest BCUT2D eigenvalue weighted by atomic mass is 32.2. The average molecular weight is 350 g/mol. The average Bonchev–Trinajstić information content (AvgIpc) is 2.61. The number of amides is 1. The lowest BCUT2D eigenvalue weighted by Crippen LogP contribution is -2.41.